The van der Waals surface area contributed by atoms with Crippen molar-refractivity contribution in [2.45, 2.75) is 23.6 Å². The molecule has 3 rings (SSSR count). The second-order valence-electron chi connectivity index (χ2n) is 5.43. The summed E-state index contributed by atoms with van der Waals surface area (Å²) in [5.74, 6) is -0.419. The molecule has 0 N–H and O–H groups in total. The first-order valence-corrected chi connectivity index (χ1v) is 10.5. The minimum atomic E-state index is -0.419. The quantitative estimate of drug-likeness (QED) is 0.332. The molecule has 132 valence electrons. The molecule has 1 heterocycles. The minimum Gasteiger partial charge on any atom is -0.318 e. The highest BCUT2D eigenvalue weighted by molar-refractivity contribution is 8.27. The van der Waals surface area contributed by atoms with Crippen molar-refractivity contribution < 1.29 is 9.63 Å². The summed E-state index contributed by atoms with van der Waals surface area (Å²) in [6.45, 7) is 3.15. The van der Waals surface area contributed by atoms with Gasteiger partial charge in [0.25, 0.3) is 0 Å². The number of hydrogen-bond donors (Lipinski definition) is 0. The third kappa shape index (κ3) is 5.56. The lowest BCUT2D eigenvalue weighted by Gasteiger charge is -2.05. The van der Waals surface area contributed by atoms with Crippen molar-refractivity contribution >= 4 is 53.0 Å². The van der Waals surface area contributed by atoms with Crippen LogP contribution in [0.4, 0.5) is 0 Å². The van der Waals surface area contributed by atoms with Gasteiger partial charge in [0.1, 0.15) is 0 Å². The number of carbonyl (C=O) groups is 1. The zero-order valence-electron chi connectivity index (χ0n) is 14.3. The van der Waals surface area contributed by atoms with Crippen molar-refractivity contribution in [1.29, 1.82) is 0 Å². The molecule has 0 atom stereocenters. The largest absolute Gasteiger partial charge is 0.331 e. The van der Waals surface area contributed by atoms with E-state index in [0.717, 1.165) is 10.5 Å². The maximum Gasteiger partial charge on any atom is 0.331 e. The molecule has 0 radical (unpaired) electrons. The maximum atomic E-state index is 10.8. The van der Waals surface area contributed by atoms with Gasteiger partial charge in [-0.3, -0.25) is 0 Å². The molecule has 0 saturated carbocycles. The summed E-state index contributed by atoms with van der Waals surface area (Å²) in [7, 11) is 0. The molecule has 1 aliphatic rings. The molecule has 6 heteroatoms. The van der Waals surface area contributed by atoms with E-state index in [1.807, 2.05) is 31.2 Å². The summed E-state index contributed by atoms with van der Waals surface area (Å²) in [5.41, 5.74) is 2.81. The molecule has 2 aromatic carbocycles. The van der Waals surface area contributed by atoms with E-state index in [-0.39, 0.29) is 0 Å². The predicted molar refractivity (Wildman–Crippen MR) is 113 cm³/mol. The van der Waals surface area contributed by atoms with Gasteiger partial charge in [0, 0.05) is 21.0 Å². The van der Waals surface area contributed by atoms with E-state index in [9.17, 15) is 4.79 Å². The van der Waals surface area contributed by atoms with Crippen molar-refractivity contribution in [2.24, 2.45) is 5.16 Å². The zero-order valence-corrected chi connectivity index (χ0v) is 16.8. The van der Waals surface area contributed by atoms with Crippen LogP contribution >= 0.6 is 35.3 Å². The summed E-state index contributed by atoms with van der Waals surface area (Å²) in [6.07, 6.45) is 2.20. The van der Waals surface area contributed by atoms with Crippen molar-refractivity contribution in [3.05, 3.63) is 74.7 Å². The molecule has 1 aliphatic heterocycles. The Morgan fingerprint density at radius 1 is 0.962 bits per heavy atom. The van der Waals surface area contributed by atoms with E-state index in [2.05, 4.69) is 51.2 Å². The van der Waals surface area contributed by atoms with Gasteiger partial charge >= 0.3 is 5.97 Å². The van der Waals surface area contributed by atoms with Crippen LogP contribution in [-0.4, -0.2) is 11.7 Å². The Balaban J connectivity index is 1.63. The highest BCUT2D eigenvalue weighted by Gasteiger charge is 2.04. The van der Waals surface area contributed by atoms with Crippen molar-refractivity contribution in [3.63, 3.8) is 0 Å². The van der Waals surface area contributed by atoms with Gasteiger partial charge in [0.15, 0.2) is 0 Å². The standard InChI is InChI=1S/C20H17NO2S3/c1-14(21-23-15(2)22)17-5-9-19(10-6-17)26-18-7-3-16(4-8-18)13-20-24-11-12-25-20/h3-13H,1-2H3. The smallest absolute Gasteiger partial charge is 0.318 e. The first kappa shape index (κ1) is 18.9. The van der Waals surface area contributed by atoms with Crippen LogP contribution in [0, 0.1) is 0 Å². The van der Waals surface area contributed by atoms with E-state index in [1.165, 1.54) is 21.6 Å². The second-order valence-corrected chi connectivity index (χ2v) is 8.73. The Morgan fingerprint density at radius 3 is 2.12 bits per heavy atom. The van der Waals surface area contributed by atoms with E-state index < -0.39 is 5.97 Å². The number of benzene rings is 2. The first-order chi connectivity index (χ1) is 12.6. The van der Waals surface area contributed by atoms with Gasteiger partial charge < -0.3 is 4.84 Å². The lowest BCUT2D eigenvalue weighted by atomic mass is 10.1. The van der Waals surface area contributed by atoms with Gasteiger partial charge in [-0.1, -0.05) is 64.7 Å². The number of nitrogens with zero attached hydrogens (tertiary/aromatic N) is 1. The molecule has 0 spiro atoms. The molecule has 0 saturated heterocycles. The Labute approximate surface area is 166 Å². The molecule has 0 unspecified atom stereocenters. The van der Waals surface area contributed by atoms with Gasteiger partial charge in [-0.05, 0) is 59.2 Å². The van der Waals surface area contributed by atoms with Gasteiger partial charge in [0.05, 0.1) is 5.71 Å². The minimum absolute atomic E-state index is 0.419. The summed E-state index contributed by atoms with van der Waals surface area (Å²) in [6, 6.07) is 16.6. The van der Waals surface area contributed by atoms with Crippen LogP contribution in [0.25, 0.3) is 6.08 Å². The van der Waals surface area contributed by atoms with E-state index in [4.69, 9.17) is 0 Å². The highest BCUT2D eigenvalue weighted by Crippen LogP contribution is 2.39. The molecular weight excluding hydrogens is 382 g/mol. The lowest BCUT2D eigenvalue weighted by Crippen LogP contribution is -1.99. The van der Waals surface area contributed by atoms with Gasteiger partial charge in [-0.25, -0.2) is 4.79 Å². The maximum absolute atomic E-state index is 10.8. The molecule has 0 amide bonds. The molecule has 0 fully saturated rings. The zero-order chi connectivity index (χ0) is 18.4. The average Bonchev–Trinajstić information content (AvgIpc) is 3.15. The number of thioether (sulfide) groups is 2. The summed E-state index contributed by atoms with van der Waals surface area (Å²) >= 11 is 5.22. The van der Waals surface area contributed by atoms with Crippen LogP contribution in [0.2, 0.25) is 0 Å². The summed E-state index contributed by atoms with van der Waals surface area (Å²) in [5, 5.41) is 8.01. The monoisotopic (exact) mass is 399 g/mol. The number of hydrogen-bond acceptors (Lipinski definition) is 6. The fourth-order valence-corrected chi connectivity index (χ4v) is 4.63. The van der Waals surface area contributed by atoms with Gasteiger partial charge in [0.2, 0.25) is 0 Å². The summed E-state index contributed by atoms with van der Waals surface area (Å²) in [4.78, 5) is 17.8. The SMILES string of the molecule is CC(=O)ON=C(C)c1ccc(Sc2ccc(C=C3SC=CS3)cc2)cc1. The molecule has 0 aliphatic carbocycles. The summed E-state index contributed by atoms with van der Waals surface area (Å²) < 4.78 is 1.30. The highest BCUT2D eigenvalue weighted by atomic mass is 32.2. The van der Waals surface area contributed by atoms with Crippen LogP contribution in [0.15, 0.2) is 78.5 Å². The van der Waals surface area contributed by atoms with Crippen molar-refractivity contribution in [2.75, 3.05) is 0 Å². The number of oxime groups is 1. The van der Waals surface area contributed by atoms with Gasteiger partial charge in [-0.15, -0.1) is 0 Å². The van der Waals surface area contributed by atoms with Crippen LogP contribution in [0.5, 0.6) is 0 Å². The first-order valence-electron chi connectivity index (χ1n) is 7.91. The Kier molecular flexibility index (Phi) is 6.66. The van der Waals surface area contributed by atoms with E-state index >= 15 is 0 Å². The third-order valence-corrected chi connectivity index (χ3v) is 6.42. The van der Waals surface area contributed by atoms with Crippen molar-refractivity contribution in [3.8, 4) is 0 Å². The molecule has 2 aromatic rings. The average molecular weight is 400 g/mol. The normalized spacial score (nSPS) is 13.8. The number of rotatable bonds is 5. The molecule has 0 aromatic heterocycles. The van der Waals surface area contributed by atoms with E-state index in [1.54, 1.807) is 35.3 Å². The van der Waals surface area contributed by atoms with Crippen molar-refractivity contribution in [1.82, 2.24) is 0 Å². The van der Waals surface area contributed by atoms with Crippen LogP contribution in [0.3, 0.4) is 0 Å². The third-order valence-electron chi connectivity index (χ3n) is 3.41. The Morgan fingerprint density at radius 2 is 1.54 bits per heavy atom. The van der Waals surface area contributed by atoms with Crippen LogP contribution in [0.1, 0.15) is 25.0 Å². The second kappa shape index (κ2) is 9.16. The van der Waals surface area contributed by atoms with Crippen LogP contribution < -0.4 is 0 Å². The topological polar surface area (TPSA) is 38.7 Å². The Bertz CT molecular complexity index is 859. The fraction of sp³-hybridized carbons (Fsp3) is 0.100. The van der Waals surface area contributed by atoms with E-state index in [0.29, 0.717) is 5.71 Å². The number of carbonyl (C=O) groups excluding carboxylic acids is 1. The fourth-order valence-electron chi connectivity index (χ4n) is 2.14. The Hall–Kier alpha value is -1.89. The molecular formula is C20H17NO2S3. The van der Waals surface area contributed by atoms with Crippen LogP contribution in [-0.2, 0) is 9.63 Å². The predicted octanol–water partition coefficient (Wildman–Crippen LogP) is 6.37. The molecule has 3 nitrogen and oxygen atoms in total. The van der Waals surface area contributed by atoms with Gasteiger partial charge in [-0.2, -0.15) is 0 Å². The molecule has 0 bridgehead atoms. The molecule has 26 heavy (non-hydrogen) atoms. The lowest BCUT2D eigenvalue weighted by molar-refractivity contribution is -0.140.